The maximum absolute atomic E-state index is 12.9. The molecule has 1 aromatic carbocycles. The minimum absolute atomic E-state index is 0.139. The highest BCUT2D eigenvalue weighted by molar-refractivity contribution is 5.95. The summed E-state index contributed by atoms with van der Waals surface area (Å²) in [5.41, 5.74) is 0.175. The summed E-state index contributed by atoms with van der Waals surface area (Å²) < 4.78 is 5.02. The zero-order chi connectivity index (χ0) is 18.8. The first-order valence-corrected chi connectivity index (χ1v) is 9.31. The summed E-state index contributed by atoms with van der Waals surface area (Å²) in [6.07, 6.45) is 4.47. The van der Waals surface area contributed by atoms with Gasteiger partial charge in [0.15, 0.2) is 5.75 Å². The number of nitro benzene ring substituents is 1. The van der Waals surface area contributed by atoms with Crippen molar-refractivity contribution < 1.29 is 14.5 Å². The Balaban J connectivity index is 1.77. The highest BCUT2D eigenvalue weighted by Gasteiger charge is 2.36. The summed E-state index contributed by atoms with van der Waals surface area (Å²) in [5.74, 6) is 0.0303. The molecule has 26 heavy (non-hydrogen) atoms. The predicted octanol–water partition coefficient (Wildman–Crippen LogP) is 3.08. The van der Waals surface area contributed by atoms with Crippen molar-refractivity contribution in [3.8, 4) is 5.75 Å². The summed E-state index contributed by atoms with van der Waals surface area (Å²) in [6.45, 7) is 5.91. The molecular weight excluding hydrogens is 334 g/mol. The number of amides is 1. The zero-order valence-electron chi connectivity index (χ0n) is 15.7. The van der Waals surface area contributed by atoms with Crippen LogP contribution < -0.4 is 4.74 Å². The SMILES string of the molecule is COc1ccc(C(=O)N2CCC[C@H](N3[C@@H](C)CC[C@@H]3C)C2)cc1[N+](=O)[O-]. The Morgan fingerprint density at radius 1 is 1.23 bits per heavy atom. The number of rotatable bonds is 4. The molecule has 0 radical (unpaired) electrons. The molecule has 0 spiro atoms. The van der Waals surface area contributed by atoms with E-state index in [0.29, 0.717) is 36.8 Å². The minimum Gasteiger partial charge on any atom is -0.490 e. The van der Waals surface area contributed by atoms with Crippen molar-refractivity contribution in [3.05, 3.63) is 33.9 Å². The summed E-state index contributed by atoms with van der Waals surface area (Å²) in [4.78, 5) is 28.1. The van der Waals surface area contributed by atoms with Crippen molar-refractivity contribution >= 4 is 11.6 Å². The third-order valence-electron chi connectivity index (χ3n) is 5.75. The van der Waals surface area contributed by atoms with E-state index in [1.54, 1.807) is 6.07 Å². The maximum atomic E-state index is 12.9. The van der Waals surface area contributed by atoms with E-state index >= 15 is 0 Å². The number of methoxy groups -OCH3 is 1. The molecule has 0 unspecified atom stereocenters. The summed E-state index contributed by atoms with van der Waals surface area (Å²) in [5, 5.41) is 11.2. The number of benzene rings is 1. The van der Waals surface area contributed by atoms with Crippen molar-refractivity contribution in [3.63, 3.8) is 0 Å². The third kappa shape index (κ3) is 3.53. The fourth-order valence-electron chi connectivity index (χ4n) is 4.47. The van der Waals surface area contributed by atoms with Crippen molar-refractivity contribution in [1.29, 1.82) is 0 Å². The van der Waals surface area contributed by atoms with Gasteiger partial charge in [0.2, 0.25) is 0 Å². The Morgan fingerprint density at radius 3 is 2.54 bits per heavy atom. The maximum Gasteiger partial charge on any atom is 0.311 e. The molecule has 2 aliphatic rings. The van der Waals surface area contributed by atoms with E-state index in [1.807, 2.05) is 4.90 Å². The van der Waals surface area contributed by atoms with Gasteiger partial charge in [-0.05, 0) is 51.7 Å². The van der Waals surface area contributed by atoms with E-state index in [9.17, 15) is 14.9 Å². The average Bonchev–Trinajstić information content (AvgIpc) is 2.99. The molecule has 7 nitrogen and oxygen atoms in total. The first kappa shape index (κ1) is 18.6. The van der Waals surface area contributed by atoms with Gasteiger partial charge in [0.25, 0.3) is 5.91 Å². The fourth-order valence-corrected chi connectivity index (χ4v) is 4.47. The Morgan fingerprint density at radius 2 is 1.92 bits per heavy atom. The molecule has 3 atom stereocenters. The third-order valence-corrected chi connectivity index (χ3v) is 5.75. The predicted molar refractivity (Wildman–Crippen MR) is 98.6 cm³/mol. The van der Waals surface area contributed by atoms with E-state index in [2.05, 4.69) is 18.7 Å². The Bertz CT molecular complexity index is 683. The molecule has 0 N–H and O–H groups in total. The van der Waals surface area contributed by atoms with Crippen LogP contribution in [0.15, 0.2) is 18.2 Å². The number of piperidine rings is 1. The van der Waals surface area contributed by atoms with Crippen LogP contribution in [0.1, 0.15) is 49.9 Å². The van der Waals surface area contributed by atoms with Crippen LogP contribution in [0, 0.1) is 10.1 Å². The van der Waals surface area contributed by atoms with Gasteiger partial charge in [0.1, 0.15) is 0 Å². The summed E-state index contributed by atoms with van der Waals surface area (Å²) >= 11 is 0. The molecular formula is C19H27N3O4. The van der Waals surface area contributed by atoms with E-state index in [-0.39, 0.29) is 17.3 Å². The Hall–Kier alpha value is -2.15. The lowest BCUT2D eigenvalue weighted by molar-refractivity contribution is -0.385. The number of likely N-dealkylation sites (tertiary alicyclic amines) is 2. The molecule has 2 heterocycles. The van der Waals surface area contributed by atoms with Gasteiger partial charge >= 0.3 is 5.69 Å². The van der Waals surface area contributed by atoms with Crippen molar-refractivity contribution in [2.75, 3.05) is 20.2 Å². The molecule has 3 rings (SSSR count). The van der Waals surface area contributed by atoms with E-state index in [1.165, 1.54) is 32.1 Å². The van der Waals surface area contributed by atoms with Gasteiger partial charge in [-0.1, -0.05) is 0 Å². The van der Waals surface area contributed by atoms with Crippen LogP contribution in [0.25, 0.3) is 0 Å². The Labute approximate surface area is 154 Å². The number of ether oxygens (including phenoxy) is 1. The van der Waals surface area contributed by atoms with Crippen LogP contribution >= 0.6 is 0 Å². The second-order valence-electron chi connectivity index (χ2n) is 7.41. The van der Waals surface area contributed by atoms with Crippen LogP contribution in [-0.2, 0) is 0 Å². The van der Waals surface area contributed by atoms with Crippen molar-refractivity contribution in [2.45, 2.75) is 57.7 Å². The van der Waals surface area contributed by atoms with E-state index in [0.717, 1.165) is 12.8 Å². The lowest BCUT2D eigenvalue weighted by Crippen LogP contribution is -2.52. The largest absolute Gasteiger partial charge is 0.490 e. The quantitative estimate of drug-likeness (QED) is 0.608. The number of nitrogens with zero attached hydrogens (tertiary/aromatic N) is 3. The number of carbonyl (C=O) groups is 1. The van der Waals surface area contributed by atoms with Gasteiger partial charge in [-0.3, -0.25) is 19.8 Å². The van der Waals surface area contributed by atoms with Crippen LogP contribution in [0.2, 0.25) is 0 Å². The van der Waals surface area contributed by atoms with Crippen LogP contribution in [0.4, 0.5) is 5.69 Å². The smallest absolute Gasteiger partial charge is 0.311 e. The van der Waals surface area contributed by atoms with Gasteiger partial charge in [-0.15, -0.1) is 0 Å². The first-order chi connectivity index (χ1) is 12.4. The van der Waals surface area contributed by atoms with Gasteiger partial charge in [-0.2, -0.15) is 0 Å². The molecule has 1 amide bonds. The monoisotopic (exact) mass is 361 g/mol. The number of nitro groups is 1. The fraction of sp³-hybridized carbons (Fsp3) is 0.632. The van der Waals surface area contributed by atoms with Crippen molar-refractivity contribution in [2.24, 2.45) is 0 Å². The molecule has 2 saturated heterocycles. The van der Waals surface area contributed by atoms with Gasteiger partial charge in [-0.25, -0.2) is 0 Å². The molecule has 0 aliphatic carbocycles. The molecule has 0 bridgehead atoms. The molecule has 2 fully saturated rings. The molecule has 142 valence electrons. The van der Waals surface area contributed by atoms with Gasteiger partial charge in [0, 0.05) is 42.8 Å². The van der Waals surface area contributed by atoms with Gasteiger partial charge in [0.05, 0.1) is 12.0 Å². The number of carbonyl (C=O) groups excluding carboxylic acids is 1. The van der Waals surface area contributed by atoms with Crippen molar-refractivity contribution in [1.82, 2.24) is 9.80 Å². The highest BCUT2D eigenvalue weighted by atomic mass is 16.6. The topological polar surface area (TPSA) is 75.9 Å². The summed E-state index contributed by atoms with van der Waals surface area (Å²) in [7, 11) is 1.39. The van der Waals surface area contributed by atoms with E-state index < -0.39 is 4.92 Å². The lowest BCUT2D eigenvalue weighted by Gasteiger charge is -2.41. The average molecular weight is 361 g/mol. The molecule has 0 saturated carbocycles. The molecule has 1 aromatic rings. The van der Waals surface area contributed by atoms with Crippen LogP contribution in [0.5, 0.6) is 5.75 Å². The Kier molecular flexibility index (Phi) is 5.46. The summed E-state index contributed by atoms with van der Waals surface area (Å²) in [6, 6.07) is 5.90. The standard InChI is InChI=1S/C19H27N3O4/c1-13-6-7-14(2)21(13)16-5-4-10-20(12-16)19(23)15-8-9-18(26-3)17(11-15)22(24)25/h8-9,11,13-14,16H,4-7,10,12H2,1-3H3/t13-,14-,16-/m0/s1. The lowest BCUT2D eigenvalue weighted by atomic mass is 10.0. The van der Waals surface area contributed by atoms with E-state index in [4.69, 9.17) is 4.74 Å². The zero-order valence-corrected chi connectivity index (χ0v) is 15.7. The second-order valence-corrected chi connectivity index (χ2v) is 7.41. The highest BCUT2D eigenvalue weighted by Crippen LogP contribution is 2.31. The number of hydrogen-bond donors (Lipinski definition) is 0. The minimum atomic E-state index is -0.512. The first-order valence-electron chi connectivity index (χ1n) is 9.31. The molecule has 7 heteroatoms. The molecule has 2 aliphatic heterocycles. The normalized spacial score (nSPS) is 26.7. The van der Waals surface area contributed by atoms with Crippen LogP contribution in [-0.4, -0.2) is 59.0 Å². The second kappa shape index (κ2) is 7.61. The number of hydrogen-bond acceptors (Lipinski definition) is 5. The molecule has 0 aromatic heterocycles. The van der Waals surface area contributed by atoms with Gasteiger partial charge < -0.3 is 9.64 Å². The van der Waals surface area contributed by atoms with Crippen LogP contribution in [0.3, 0.4) is 0 Å².